The van der Waals surface area contributed by atoms with Gasteiger partial charge in [0.15, 0.2) is 0 Å². The Hall–Kier alpha value is -1.72. The number of aryl methyl sites for hydroxylation is 1. The molecular formula is C14H18N4O. The second-order valence-electron chi connectivity index (χ2n) is 4.77. The molecule has 0 radical (unpaired) electrons. The zero-order valence-corrected chi connectivity index (χ0v) is 11.0. The molecule has 5 nitrogen and oxygen atoms in total. The second kappa shape index (κ2) is 5.50. The van der Waals surface area contributed by atoms with E-state index in [2.05, 4.69) is 21.6 Å². The molecule has 3 heterocycles. The summed E-state index contributed by atoms with van der Waals surface area (Å²) in [5.74, 6) is 0. The highest BCUT2D eigenvalue weighted by molar-refractivity contribution is 5.22. The van der Waals surface area contributed by atoms with Crippen molar-refractivity contribution in [1.29, 1.82) is 0 Å². The Bertz CT molecular complexity index is 538. The minimum absolute atomic E-state index is 0.0497. The number of ether oxygens (including phenoxy) is 1. The zero-order valence-electron chi connectivity index (χ0n) is 11.0. The van der Waals surface area contributed by atoms with Crippen LogP contribution in [-0.4, -0.2) is 27.9 Å². The van der Waals surface area contributed by atoms with Crippen molar-refractivity contribution in [3.8, 4) is 0 Å². The van der Waals surface area contributed by atoms with E-state index in [1.54, 1.807) is 0 Å². The van der Waals surface area contributed by atoms with Crippen LogP contribution in [0.3, 0.4) is 0 Å². The van der Waals surface area contributed by atoms with Gasteiger partial charge in [-0.15, -0.1) is 0 Å². The van der Waals surface area contributed by atoms with Crippen LogP contribution in [0.2, 0.25) is 0 Å². The van der Waals surface area contributed by atoms with Crippen LogP contribution >= 0.6 is 0 Å². The van der Waals surface area contributed by atoms with Gasteiger partial charge in [0, 0.05) is 32.5 Å². The summed E-state index contributed by atoms with van der Waals surface area (Å²) >= 11 is 0. The summed E-state index contributed by atoms with van der Waals surface area (Å²) in [6.45, 7) is 2.29. The third kappa shape index (κ3) is 2.83. The van der Waals surface area contributed by atoms with Crippen molar-refractivity contribution in [1.82, 2.24) is 20.1 Å². The lowest BCUT2D eigenvalue weighted by Gasteiger charge is -2.22. The van der Waals surface area contributed by atoms with E-state index in [1.807, 2.05) is 36.1 Å². The van der Waals surface area contributed by atoms with Gasteiger partial charge in [-0.2, -0.15) is 5.10 Å². The van der Waals surface area contributed by atoms with Crippen molar-refractivity contribution in [2.24, 2.45) is 7.05 Å². The average molecular weight is 258 g/mol. The molecule has 0 bridgehead atoms. The number of pyridine rings is 1. The Morgan fingerprint density at radius 1 is 1.47 bits per heavy atom. The molecule has 0 amide bonds. The van der Waals surface area contributed by atoms with Crippen molar-refractivity contribution >= 4 is 0 Å². The molecule has 0 aliphatic carbocycles. The summed E-state index contributed by atoms with van der Waals surface area (Å²) in [6.07, 6.45) is 4.91. The predicted octanol–water partition coefficient (Wildman–Crippen LogP) is 1.22. The number of nitrogens with one attached hydrogen (secondary N) is 1. The SMILES string of the molecule is Cn1cc2c(n1)C(CNCc1ccccn1)OCC2. The maximum Gasteiger partial charge on any atom is 0.114 e. The van der Waals surface area contributed by atoms with Crippen LogP contribution in [0.25, 0.3) is 0 Å². The van der Waals surface area contributed by atoms with E-state index in [9.17, 15) is 0 Å². The highest BCUT2D eigenvalue weighted by Crippen LogP contribution is 2.24. The number of rotatable bonds is 4. The monoisotopic (exact) mass is 258 g/mol. The van der Waals surface area contributed by atoms with Gasteiger partial charge in [-0.1, -0.05) is 6.07 Å². The van der Waals surface area contributed by atoms with Gasteiger partial charge in [0.05, 0.1) is 18.0 Å². The van der Waals surface area contributed by atoms with E-state index in [0.29, 0.717) is 0 Å². The third-order valence-corrected chi connectivity index (χ3v) is 3.29. The summed E-state index contributed by atoms with van der Waals surface area (Å²) in [6, 6.07) is 5.94. The van der Waals surface area contributed by atoms with Crippen LogP contribution in [0, 0.1) is 0 Å². The Morgan fingerprint density at radius 3 is 3.26 bits per heavy atom. The molecule has 5 heteroatoms. The fourth-order valence-corrected chi connectivity index (χ4v) is 2.40. The number of nitrogens with zero attached hydrogens (tertiary/aromatic N) is 3. The summed E-state index contributed by atoms with van der Waals surface area (Å²) < 4.78 is 7.66. The van der Waals surface area contributed by atoms with E-state index < -0.39 is 0 Å². The van der Waals surface area contributed by atoms with Gasteiger partial charge in [-0.25, -0.2) is 0 Å². The van der Waals surface area contributed by atoms with Gasteiger partial charge in [-0.3, -0.25) is 9.67 Å². The summed E-state index contributed by atoms with van der Waals surface area (Å²) in [5.41, 5.74) is 3.42. The highest BCUT2D eigenvalue weighted by Gasteiger charge is 2.23. The van der Waals surface area contributed by atoms with Crippen molar-refractivity contribution in [2.45, 2.75) is 19.1 Å². The molecule has 1 atom stereocenters. The molecule has 0 spiro atoms. The maximum absolute atomic E-state index is 5.80. The first-order valence-corrected chi connectivity index (χ1v) is 6.57. The Morgan fingerprint density at radius 2 is 2.42 bits per heavy atom. The first kappa shape index (κ1) is 12.3. The fourth-order valence-electron chi connectivity index (χ4n) is 2.40. The van der Waals surface area contributed by atoms with E-state index in [-0.39, 0.29) is 6.10 Å². The van der Waals surface area contributed by atoms with Gasteiger partial charge < -0.3 is 10.1 Å². The predicted molar refractivity (Wildman–Crippen MR) is 71.5 cm³/mol. The van der Waals surface area contributed by atoms with Gasteiger partial charge >= 0.3 is 0 Å². The van der Waals surface area contributed by atoms with Gasteiger partial charge in [0.2, 0.25) is 0 Å². The Labute approximate surface area is 112 Å². The lowest BCUT2D eigenvalue weighted by atomic mass is 10.1. The minimum Gasteiger partial charge on any atom is -0.370 e. The highest BCUT2D eigenvalue weighted by atomic mass is 16.5. The molecule has 0 saturated heterocycles. The number of aromatic nitrogens is 3. The summed E-state index contributed by atoms with van der Waals surface area (Å²) in [5, 5.41) is 7.88. The number of hydrogen-bond acceptors (Lipinski definition) is 4. The summed E-state index contributed by atoms with van der Waals surface area (Å²) in [7, 11) is 1.96. The van der Waals surface area contributed by atoms with E-state index >= 15 is 0 Å². The van der Waals surface area contributed by atoms with Gasteiger partial charge in [0.1, 0.15) is 6.10 Å². The van der Waals surface area contributed by atoms with E-state index in [4.69, 9.17) is 4.74 Å². The third-order valence-electron chi connectivity index (χ3n) is 3.29. The van der Waals surface area contributed by atoms with Crippen molar-refractivity contribution < 1.29 is 4.74 Å². The molecular weight excluding hydrogens is 240 g/mol. The molecule has 1 unspecified atom stereocenters. The van der Waals surface area contributed by atoms with Crippen LogP contribution in [0.1, 0.15) is 23.1 Å². The molecule has 2 aromatic heterocycles. The van der Waals surface area contributed by atoms with Crippen LogP contribution in [0.4, 0.5) is 0 Å². The van der Waals surface area contributed by atoms with Crippen LogP contribution in [0.5, 0.6) is 0 Å². The molecule has 0 aromatic carbocycles. The Balaban J connectivity index is 1.59. The van der Waals surface area contributed by atoms with Gasteiger partial charge in [-0.05, 0) is 24.1 Å². The quantitative estimate of drug-likeness (QED) is 0.896. The molecule has 1 aliphatic heterocycles. The molecule has 0 saturated carbocycles. The van der Waals surface area contributed by atoms with Crippen molar-refractivity contribution in [3.05, 3.63) is 47.5 Å². The van der Waals surface area contributed by atoms with Crippen LogP contribution < -0.4 is 5.32 Å². The van der Waals surface area contributed by atoms with Crippen molar-refractivity contribution in [2.75, 3.05) is 13.2 Å². The second-order valence-corrected chi connectivity index (χ2v) is 4.77. The van der Waals surface area contributed by atoms with Gasteiger partial charge in [0.25, 0.3) is 0 Å². The minimum atomic E-state index is 0.0497. The molecule has 100 valence electrons. The normalized spacial score (nSPS) is 18.3. The standard InChI is InChI=1S/C14H18N4O/c1-18-10-11-5-7-19-13(14(11)17-18)9-15-8-12-4-2-3-6-16-12/h2-4,6,10,13,15H,5,7-9H2,1H3. The summed E-state index contributed by atoms with van der Waals surface area (Å²) in [4.78, 5) is 4.29. The number of fused-ring (bicyclic) bond motifs is 1. The molecule has 1 N–H and O–H groups in total. The smallest absolute Gasteiger partial charge is 0.114 e. The molecule has 0 fully saturated rings. The average Bonchev–Trinajstić information content (AvgIpc) is 2.81. The Kier molecular flexibility index (Phi) is 3.57. The van der Waals surface area contributed by atoms with E-state index in [0.717, 1.165) is 37.5 Å². The lowest BCUT2D eigenvalue weighted by molar-refractivity contribution is 0.0393. The van der Waals surface area contributed by atoms with Crippen molar-refractivity contribution in [3.63, 3.8) is 0 Å². The molecule has 19 heavy (non-hydrogen) atoms. The fraction of sp³-hybridized carbons (Fsp3) is 0.429. The maximum atomic E-state index is 5.80. The molecule has 3 rings (SSSR count). The van der Waals surface area contributed by atoms with Crippen LogP contribution in [0.15, 0.2) is 30.6 Å². The first-order chi connectivity index (χ1) is 9.33. The first-order valence-electron chi connectivity index (χ1n) is 6.57. The van der Waals surface area contributed by atoms with Crippen LogP contribution in [-0.2, 0) is 24.8 Å². The largest absolute Gasteiger partial charge is 0.370 e. The topological polar surface area (TPSA) is 52.0 Å². The van der Waals surface area contributed by atoms with E-state index in [1.165, 1.54) is 5.56 Å². The zero-order chi connectivity index (χ0) is 13.1. The lowest BCUT2D eigenvalue weighted by Crippen LogP contribution is -2.27. The molecule has 1 aliphatic rings. The molecule has 2 aromatic rings. The number of hydrogen-bond donors (Lipinski definition) is 1.